The maximum atomic E-state index is 13.4. The largest absolute Gasteiger partial charge is 0.305 e. The number of carbonyl (C=O) groups is 2. The predicted molar refractivity (Wildman–Crippen MR) is 85.8 cm³/mol. The number of hydrazine groups is 1. The molecule has 0 atom stereocenters. The number of rotatable bonds is 5. The van der Waals surface area contributed by atoms with Gasteiger partial charge in [0, 0.05) is 16.5 Å². The quantitative estimate of drug-likeness (QED) is 0.480. The van der Waals surface area contributed by atoms with Crippen LogP contribution in [-0.4, -0.2) is 22.5 Å². The molecule has 0 radical (unpaired) electrons. The van der Waals surface area contributed by atoms with Gasteiger partial charge in [-0.05, 0) is 24.3 Å². The summed E-state index contributed by atoms with van der Waals surface area (Å²) in [7, 11) is 0. The van der Waals surface area contributed by atoms with Crippen LogP contribution in [0.1, 0.15) is 10.4 Å². The van der Waals surface area contributed by atoms with E-state index in [1.165, 1.54) is 18.2 Å². The average molecular weight is 367 g/mol. The number of nitro benzene ring substituents is 1. The van der Waals surface area contributed by atoms with Crippen LogP contribution in [0.2, 0.25) is 0 Å². The summed E-state index contributed by atoms with van der Waals surface area (Å²) in [5.74, 6) is -3.18. The predicted octanol–water partition coefficient (Wildman–Crippen LogP) is 2.43. The molecule has 0 unspecified atom stereocenters. The normalized spacial score (nSPS) is 10.2. The highest BCUT2D eigenvalue weighted by Crippen LogP contribution is 2.20. The smallest absolute Gasteiger partial charge is 0.272 e. The number of nitrogens with zero attached hydrogens (tertiary/aromatic N) is 1. The van der Waals surface area contributed by atoms with Crippen LogP contribution in [0.5, 0.6) is 0 Å². The van der Waals surface area contributed by atoms with E-state index in [2.05, 4.69) is 5.43 Å². The van der Waals surface area contributed by atoms with Crippen LogP contribution in [0, 0.1) is 21.7 Å². The third-order valence-corrected chi connectivity index (χ3v) is 3.96. The molecule has 0 aliphatic carbocycles. The Kier molecular flexibility index (Phi) is 6.01. The molecule has 2 N–H and O–H groups in total. The number of benzene rings is 2. The number of thioether (sulfide) groups is 1. The monoisotopic (exact) mass is 367 g/mol. The Morgan fingerprint density at radius 2 is 1.80 bits per heavy atom. The maximum Gasteiger partial charge on any atom is 0.305 e. The van der Waals surface area contributed by atoms with Gasteiger partial charge in [-0.3, -0.25) is 30.6 Å². The number of hydrogen-bond acceptors (Lipinski definition) is 5. The molecule has 130 valence electrons. The van der Waals surface area contributed by atoms with Gasteiger partial charge >= 0.3 is 5.69 Å². The van der Waals surface area contributed by atoms with E-state index in [0.717, 1.165) is 30.0 Å². The van der Waals surface area contributed by atoms with Crippen LogP contribution in [0.15, 0.2) is 47.4 Å². The molecule has 0 saturated carbocycles. The highest BCUT2D eigenvalue weighted by molar-refractivity contribution is 8.00. The molecule has 2 aromatic carbocycles. The zero-order chi connectivity index (χ0) is 18.4. The summed E-state index contributed by atoms with van der Waals surface area (Å²) in [6.45, 7) is 0. The molecule has 2 amide bonds. The summed E-state index contributed by atoms with van der Waals surface area (Å²) < 4.78 is 26.6. The molecule has 0 aliphatic heterocycles. The number of halogens is 2. The van der Waals surface area contributed by atoms with Crippen LogP contribution in [0.25, 0.3) is 0 Å². The van der Waals surface area contributed by atoms with Crippen molar-refractivity contribution in [2.45, 2.75) is 4.90 Å². The summed E-state index contributed by atoms with van der Waals surface area (Å²) in [6.07, 6.45) is 0. The van der Waals surface area contributed by atoms with E-state index in [1.54, 1.807) is 6.07 Å². The lowest BCUT2D eigenvalue weighted by Gasteiger charge is -2.08. The molecule has 0 saturated heterocycles. The van der Waals surface area contributed by atoms with E-state index in [0.29, 0.717) is 0 Å². The minimum atomic E-state index is -1.08. The minimum absolute atomic E-state index is 0.162. The zero-order valence-corrected chi connectivity index (χ0v) is 13.3. The molecule has 10 heteroatoms. The number of carbonyl (C=O) groups excluding carboxylic acids is 2. The first kappa shape index (κ1) is 18.3. The molecule has 2 aromatic rings. The summed E-state index contributed by atoms with van der Waals surface area (Å²) in [4.78, 5) is 33.4. The van der Waals surface area contributed by atoms with Crippen molar-refractivity contribution in [3.05, 3.63) is 69.8 Å². The van der Waals surface area contributed by atoms with E-state index < -0.39 is 34.1 Å². The summed E-state index contributed by atoms with van der Waals surface area (Å²) >= 11 is 0.934. The third kappa shape index (κ3) is 4.98. The Balaban J connectivity index is 1.89. The van der Waals surface area contributed by atoms with Crippen LogP contribution in [0.4, 0.5) is 14.5 Å². The fourth-order valence-corrected chi connectivity index (χ4v) is 2.47. The van der Waals surface area contributed by atoms with Crippen LogP contribution >= 0.6 is 11.8 Å². The molecule has 7 nitrogen and oxygen atoms in total. The molecular formula is C15H11F2N3O4S. The van der Waals surface area contributed by atoms with Gasteiger partial charge < -0.3 is 0 Å². The zero-order valence-electron chi connectivity index (χ0n) is 12.5. The highest BCUT2D eigenvalue weighted by atomic mass is 32.2. The Morgan fingerprint density at radius 1 is 1.08 bits per heavy atom. The first-order chi connectivity index (χ1) is 11.9. The Morgan fingerprint density at radius 3 is 2.48 bits per heavy atom. The van der Waals surface area contributed by atoms with Gasteiger partial charge in [0.15, 0.2) is 0 Å². The second kappa shape index (κ2) is 8.20. The number of amides is 2. The summed E-state index contributed by atoms with van der Waals surface area (Å²) in [5, 5.41) is 10.6. The second-order valence-corrected chi connectivity index (χ2v) is 5.66. The van der Waals surface area contributed by atoms with Gasteiger partial charge in [0.25, 0.3) is 5.91 Å². The van der Waals surface area contributed by atoms with E-state index in [-0.39, 0.29) is 16.2 Å². The molecule has 2 rings (SSSR count). The Labute approximate surface area is 144 Å². The molecule has 0 fully saturated rings. The van der Waals surface area contributed by atoms with Gasteiger partial charge in [0.05, 0.1) is 10.7 Å². The molecule has 0 bridgehead atoms. The fourth-order valence-electron chi connectivity index (χ4n) is 1.73. The van der Waals surface area contributed by atoms with Crippen molar-refractivity contribution < 1.29 is 23.3 Å². The Bertz CT molecular complexity index is 832. The van der Waals surface area contributed by atoms with Gasteiger partial charge in [-0.15, -0.1) is 11.8 Å². The fraction of sp³-hybridized carbons (Fsp3) is 0.0667. The van der Waals surface area contributed by atoms with Gasteiger partial charge in [-0.1, -0.05) is 12.1 Å². The van der Waals surface area contributed by atoms with Crippen LogP contribution in [0.3, 0.4) is 0 Å². The van der Waals surface area contributed by atoms with E-state index in [1.807, 2.05) is 5.43 Å². The number of nitrogens with one attached hydrogen (secondary N) is 2. The molecule has 0 heterocycles. The van der Waals surface area contributed by atoms with Crippen molar-refractivity contribution in [1.82, 2.24) is 10.9 Å². The van der Waals surface area contributed by atoms with Crippen LogP contribution in [-0.2, 0) is 4.79 Å². The lowest BCUT2D eigenvalue weighted by atomic mass is 10.2. The lowest BCUT2D eigenvalue weighted by Crippen LogP contribution is -2.42. The van der Waals surface area contributed by atoms with E-state index in [4.69, 9.17) is 0 Å². The second-order valence-electron chi connectivity index (χ2n) is 4.64. The SMILES string of the molecule is O=C(CSc1ccccc1F)NNC(=O)c1ccc(F)c([N+](=O)[O-])c1. The summed E-state index contributed by atoms with van der Waals surface area (Å²) in [5.41, 5.74) is 3.08. The molecule has 0 aromatic heterocycles. The molecule has 0 aliphatic rings. The molecule has 0 spiro atoms. The van der Waals surface area contributed by atoms with Gasteiger partial charge in [0.2, 0.25) is 11.7 Å². The van der Waals surface area contributed by atoms with Crippen molar-refractivity contribution >= 4 is 29.3 Å². The summed E-state index contributed by atoms with van der Waals surface area (Å²) in [6, 6.07) is 8.47. The molecular weight excluding hydrogens is 356 g/mol. The maximum absolute atomic E-state index is 13.4. The van der Waals surface area contributed by atoms with Gasteiger partial charge in [-0.25, -0.2) is 4.39 Å². The number of nitro groups is 1. The molecule has 25 heavy (non-hydrogen) atoms. The van der Waals surface area contributed by atoms with E-state index >= 15 is 0 Å². The van der Waals surface area contributed by atoms with Crippen molar-refractivity contribution in [2.24, 2.45) is 0 Å². The van der Waals surface area contributed by atoms with Crippen LogP contribution < -0.4 is 10.9 Å². The standard InChI is InChI=1S/C15H11F2N3O4S/c16-10-6-5-9(7-12(10)20(23)24)15(22)19-18-14(21)8-25-13-4-2-1-3-11(13)17/h1-7H,8H2,(H,18,21)(H,19,22). The minimum Gasteiger partial charge on any atom is -0.272 e. The topological polar surface area (TPSA) is 101 Å². The van der Waals surface area contributed by atoms with Crippen molar-refractivity contribution in [3.8, 4) is 0 Å². The number of hydrogen-bond donors (Lipinski definition) is 2. The average Bonchev–Trinajstić information content (AvgIpc) is 2.59. The first-order valence-corrected chi connectivity index (χ1v) is 7.77. The van der Waals surface area contributed by atoms with Gasteiger partial charge in [0.1, 0.15) is 5.82 Å². The van der Waals surface area contributed by atoms with Crippen molar-refractivity contribution in [3.63, 3.8) is 0 Å². The lowest BCUT2D eigenvalue weighted by molar-refractivity contribution is -0.387. The van der Waals surface area contributed by atoms with Gasteiger partial charge in [-0.2, -0.15) is 4.39 Å². The first-order valence-electron chi connectivity index (χ1n) is 6.79. The Hall–Kier alpha value is -3.01. The third-order valence-electron chi connectivity index (χ3n) is 2.92. The van der Waals surface area contributed by atoms with Crippen molar-refractivity contribution in [2.75, 3.05) is 5.75 Å². The van der Waals surface area contributed by atoms with E-state index in [9.17, 15) is 28.5 Å². The van der Waals surface area contributed by atoms with Crippen molar-refractivity contribution in [1.29, 1.82) is 0 Å². The highest BCUT2D eigenvalue weighted by Gasteiger charge is 2.17.